The highest BCUT2D eigenvalue weighted by Crippen LogP contribution is 2.20. The molecular weight excluding hydrogens is 284 g/mol. The summed E-state index contributed by atoms with van der Waals surface area (Å²) in [4.78, 5) is 18.0. The summed E-state index contributed by atoms with van der Waals surface area (Å²) in [7, 11) is 1.44. The SMILES string of the molecule is COC(=O)C1CCCN1Cc1ccc(Br)cn1. The first-order chi connectivity index (χ1) is 8.20. The molecule has 1 aromatic heterocycles. The molecule has 0 bridgehead atoms. The number of nitrogens with zero attached hydrogens (tertiary/aromatic N) is 2. The number of pyridine rings is 1. The van der Waals surface area contributed by atoms with Crippen molar-refractivity contribution in [2.24, 2.45) is 0 Å². The largest absolute Gasteiger partial charge is 0.468 e. The minimum Gasteiger partial charge on any atom is -0.468 e. The fourth-order valence-electron chi connectivity index (χ4n) is 2.13. The van der Waals surface area contributed by atoms with Crippen molar-refractivity contribution in [2.45, 2.75) is 25.4 Å². The van der Waals surface area contributed by atoms with Gasteiger partial charge in [0.15, 0.2) is 0 Å². The lowest BCUT2D eigenvalue weighted by Crippen LogP contribution is -2.36. The Morgan fingerprint density at radius 3 is 3.12 bits per heavy atom. The molecule has 1 atom stereocenters. The van der Waals surface area contributed by atoms with Gasteiger partial charge in [-0.1, -0.05) is 0 Å². The predicted molar refractivity (Wildman–Crippen MR) is 67.4 cm³/mol. The molecule has 4 nitrogen and oxygen atoms in total. The van der Waals surface area contributed by atoms with Crippen molar-refractivity contribution < 1.29 is 9.53 Å². The van der Waals surface area contributed by atoms with Gasteiger partial charge in [0.2, 0.25) is 0 Å². The summed E-state index contributed by atoms with van der Waals surface area (Å²) >= 11 is 3.35. The van der Waals surface area contributed by atoms with Crippen LogP contribution in [0.2, 0.25) is 0 Å². The van der Waals surface area contributed by atoms with Gasteiger partial charge in [-0.2, -0.15) is 0 Å². The third-order valence-corrected chi connectivity index (χ3v) is 3.46. The van der Waals surface area contributed by atoms with E-state index in [1.807, 2.05) is 12.1 Å². The molecule has 2 heterocycles. The molecule has 0 saturated carbocycles. The van der Waals surface area contributed by atoms with Gasteiger partial charge in [0, 0.05) is 17.2 Å². The first kappa shape index (κ1) is 12.5. The molecule has 1 aliphatic rings. The molecular formula is C12H15BrN2O2. The van der Waals surface area contributed by atoms with Crippen LogP contribution in [-0.4, -0.2) is 35.5 Å². The topological polar surface area (TPSA) is 42.4 Å². The second kappa shape index (κ2) is 5.60. The van der Waals surface area contributed by atoms with Crippen molar-refractivity contribution in [3.63, 3.8) is 0 Å². The van der Waals surface area contributed by atoms with Gasteiger partial charge in [-0.05, 0) is 47.4 Å². The number of halogens is 1. The van der Waals surface area contributed by atoms with Gasteiger partial charge < -0.3 is 4.74 Å². The van der Waals surface area contributed by atoms with Crippen LogP contribution in [0.1, 0.15) is 18.5 Å². The maximum Gasteiger partial charge on any atom is 0.323 e. The third kappa shape index (κ3) is 3.04. The van der Waals surface area contributed by atoms with E-state index in [2.05, 4.69) is 25.8 Å². The molecule has 2 rings (SSSR count). The van der Waals surface area contributed by atoms with Crippen LogP contribution in [0.15, 0.2) is 22.8 Å². The molecule has 5 heteroatoms. The van der Waals surface area contributed by atoms with Gasteiger partial charge in [-0.3, -0.25) is 14.7 Å². The molecule has 1 aliphatic heterocycles. The maximum atomic E-state index is 11.6. The average molecular weight is 299 g/mol. The normalized spacial score (nSPS) is 20.5. The van der Waals surface area contributed by atoms with E-state index in [0.29, 0.717) is 6.54 Å². The van der Waals surface area contributed by atoms with Crippen LogP contribution >= 0.6 is 15.9 Å². The zero-order valence-electron chi connectivity index (χ0n) is 9.73. The predicted octanol–water partition coefficient (Wildman–Crippen LogP) is 1.98. The van der Waals surface area contributed by atoms with Crippen molar-refractivity contribution in [1.29, 1.82) is 0 Å². The minimum absolute atomic E-state index is 0.106. The Hall–Kier alpha value is -0.940. The zero-order chi connectivity index (χ0) is 12.3. The van der Waals surface area contributed by atoms with E-state index >= 15 is 0 Å². The van der Waals surface area contributed by atoms with Crippen molar-refractivity contribution >= 4 is 21.9 Å². The second-order valence-corrected chi connectivity index (χ2v) is 5.04. The van der Waals surface area contributed by atoms with Crippen LogP contribution in [0.4, 0.5) is 0 Å². The Bertz CT molecular complexity index is 394. The molecule has 0 spiro atoms. The van der Waals surface area contributed by atoms with Crippen LogP contribution in [-0.2, 0) is 16.1 Å². The maximum absolute atomic E-state index is 11.6. The molecule has 0 N–H and O–H groups in total. The van der Waals surface area contributed by atoms with Gasteiger partial charge in [0.1, 0.15) is 6.04 Å². The van der Waals surface area contributed by atoms with Crippen LogP contribution in [0.25, 0.3) is 0 Å². The Labute approximate surface area is 109 Å². The van der Waals surface area contributed by atoms with Gasteiger partial charge in [-0.15, -0.1) is 0 Å². The number of esters is 1. The molecule has 92 valence electrons. The van der Waals surface area contributed by atoms with E-state index in [0.717, 1.165) is 29.6 Å². The highest BCUT2D eigenvalue weighted by atomic mass is 79.9. The first-order valence-electron chi connectivity index (χ1n) is 5.63. The second-order valence-electron chi connectivity index (χ2n) is 4.12. The quantitative estimate of drug-likeness (QED) is 0.801. The number of rotatable bonds is 3. The molecule has 1 saturated heterocycles. The number of carbonyl (C=O) groups is 1. The molecule has 0 aromatic carbocycles. The van der Waals surface area contributed by atoms with E-state index in [4.69, 9.17) is 4.74 Å². The number of likely N-dealkylation sites (tertiary alicyclic amines) is 1. The number of ether oxygens (including phenoxy) is 1. The van der Waals surface area contributed by atoms with Crippen molar-refractivity contribution in [3.8, 4) is 0 Å². The first-order valence-corrected chi connectivity index (χ1v) is 6.42. The smallest absolute Gasteiger partial charge is 0.323 e. The highest BCUT2D eigenvalue weighted by Gasteiger charge is 2.31. The molecule has 1 fully saturated rings. The van der Waals surface area contributed by atoms with Crippen LogP contribution < -0.4 is 0 Å². The summed E-state index contributed by atoms with van der Waals surface area (Å²) in [6, 6.07) is 3.83. The van der Waals surface area contributed by atoms with E-state index in [-0.39, 0.29) is 12.0 Å². The lowest BCUT2D eigenvalue weighted by Gasteiger charge is -2.21. The summed E-state index contributed by atoms with van der Waals surface area (Å²) in [5.41, 5.74) is 0.976. The Balaban J connectivity index is 2.02. The van der Waals surface area contributed by atoms with Crippen molar-refractivity contribution in [2.75, 3.05) is 13.7 Å². The Kier molecular flexibility index (Phi) is 4.12. The van der Waals surface area contributed by atoms with Crippen molar-refractivity contribution in [1.82, 2.24) is 9.88 Å². The van der Waals surface area contributed by atoms with Gasteiger partial charge in [-0.25, -0.2) is 0 Å². The zero-order valence-corrected chi connectivity index (χ0v) is 11.3. The van der Waals surface area contributed by atoms with Gasteiger partial charge >= 0.3 is 5.97 Å². The summed E-state index contributed by atoms with van der Waals surface area (Å²) in [6.45, 7) is 1.63. The fraction of sp³-hybridized carbons (Fsp3) is 0.500. The van der Waals surface area contributed by atoms with Gasteiger partial charge in [0.05, 0.1) is 12.8 Å². The Morgan fingerprint density at radius 2 is 2.47 bits per heavy atom. The lowest BCUT2D eigenvalue weighted by molar-refractivity contribution is -0.146. The number of hydrogen-bond acceptors (Lipinski definition) is 4. The fourth-order valence-corrected chi connectivity index (χ4v) is 2.36. The number of hydrogen-bond donors (Lipinski definition) is 0. The monoisotopic (exact) mass is 298 g/mol. The van der Waals surface area contributed by atoms with Crippen LogP contribution in [0.5, 0.6) is 0 Å². The number of methoxy groups -OCH3 is 1. The van der Waals surface area contributed by atoms with E-state index in [9.17, 15) is 4.79 Å². The van der Waals surface area contributed by atoms with Gasteiger partial charge in [0.25, 0.3) is 0 Å². The lowest BCUT2D eigenvalue weighted by atomic mass is 10.2. The Morgan fingerprint density at radius 1 is 1.65 bits per heavy atom. The number of carbonyl (C=O) groups excluding carboxylic acids is 1. The summed E-state index contributed by atoms with van der Waals surface area (Å²) < 4.78 is 5.78. The molecule has 0 aliphatic carbocycles. The highest BCUT2D eigenvalue weighted by molar-refractivity contribution is 9.10. The average Bonchev–Trinajstić information content (AvgIpc) is 2.79. The molecule has 0 amide bonds. The molecule has 1 unspecified atom stereocenters. The van der Waals surface area contributed by atoms with E-state index in [1.165, 1.54) is 7.11 Å². The number of aromatic nitrogens is 1. The summed E-state index contributed by atoms with van der Waals surface area (Å²) in [6.07, 6.45) is 3.69. The minimum atomic E-state index is -0.139. The third-order valence-electron chi connectivity index (χ3n) is 2.99. The summed E-state index contributed by atoms with van der Waals surface area (Å²) in [5, 5.41) is 0. The van der Waals surface area contributed by atoms with E-state index in [1.54, 1.807) is 6.20 Å². The van der Waals surface area contributed by atoms with Crippen LogP contribution in [0, 0.1) is 0 Å². The molecule has 17 heavy (non-hydrogen) atoms. The van der Waals surface area contributed by atoms with Crippen LogP contribution in [0.3, 0.4) is 0 Å². The molecule has 1 aromatic rings. The summed E-state index contributed by atoms with van der Waals surface area (Å²) in [5.74, 6) is -0.139. The molecule has 0 radical (unpaired) electrons. The van der Waals surface area contributed by atoms with Crippen molar-refractivity contribution in [3.05, 3.63) is 28.5 Å². The standard InChI is InChI=1S/C12H15BrN2O2/c1-17-12(16)11-3-2-6-15(11)8-10-5-4-9(13)7-14-10/h4-5,7,11H,2-3,6,8H2,1H3. The van der Waals surface area contributed by atoms with E-state index < -0.39 is 0 Å².